The van der Waals surface area contributed by atoms with Crippen molar-refractivity contribution in [2.45, 2.75) is 68.6 Å². The van der Waals surface area contributed by atoms with Crippen molar-refractivity contribution in [1.82, 2.24) is 0 Å². The van der Waals surface area contributed by atoms with E-state index in [9.17, 15) is 110 Å². The fourth-order valence-corrected chi connectivity index (χ4v) is 2.35. The molecule has 0 aromatic rings. The molecule has 256 valence electrons. The van der Waals surface area contributed by atoms with Crippen LogP contribution in [0, 0.1) is 0 Å². The van der Waals surface area contributed by atoms with Crippen molar-refractivity contribution in [3.8, 4) is 0 Å². The quantitative estimate of drug-likeness (QED) is 0.144. The molecular weight excluding hydrogens is 738 g/mol. The third kappa shape index (κ3) is 6.54. The Kier molecular flexibility index (Phi) is 11.5. The smallest absolute Gasteiger partial charge is 0.264 e. The summed E-state index contributed by atoms with van der Waals surface area (Å²) in [6.45, 7) is 0. The third-order valence-electron chi connectivity index (χ3n) is 4.46. The molecule has 0 atom stereocenters. The van der Waals surface area contributed by atoms with Crippen molar-refractivity contribution in [3.05, 3.63) is 0 Å². The minimum Gasteiger partial charge on any atom is -0.264 e. The molecule has 31 heteroatoms. The van der Waals surface area contributed by atoms with E-state index in [1.54, 1.807) is 0 Å². The van der Waals surface area contributed by atoms with Crippen molar-refractivity contribution in [1.29, 1.82) is 0 Å². The molecule has 0 aromatic carbocycles. The molecular formula is C12H2F25NaO4S. The summed E-state index contributed by atoms with van der Waals surface area (Å²) < 4.78 is 350. The summed E-state index contributed by atoms with van der Waals surface area (Å²) in [7, 11) is -4.67. The number of alkyl halides is 25. The van der Waals surface area contributed by atoms with Gasteiger partial charge in [-0.1, -0.05) is 0 Å². The predicted octanol–water partition coefficient (Wildman–Crippen LogP) is 7.01. The summed E-state index contributed by atoms with van der Waals surface area (Å²) in [5.41, 5.74) is 0. The normalized spacial score (nSPS) is 16.6. The predicted molar refractivity (Wildman–Crippen MR) is 80.4 cm³/mol. The molecule has 0 unspecified atom stereocenters. The molecule has 43 heavy (non-hydrogen) atoms. The van der Waals surface area contributed by atoms with Gasteiger partial charge in [0.25, 0.3) is 0 Å². The molecule has 0 rings (SSSR count). The molecule has 0 aliphatic rings. The summed E-state index contributed by atoms with van der Waals surface area (Å²) in [6.07, 6.45) is -8.15. The van der Waals surface area contributed by atoms with Gasteiger partial charge in [0.2, 0.25) is 0 Å². The van der Waals surface area contributed by atoms with Crippen molar-refractivity contribution in [2.75, 3.05) is 0 Å². The van der Waals surface area contributed by atoms with Crippen molar-refractivity contribution >= 4 is 38.3 Å². The van der Waals surface area contributed by atoms with Gasteiger partial charge in [-0.3, -0.25) is 9.11 Å². The average molecular weight is 740 g/mol. The summed E-state index contributed by atoms with van der Waals surface area (Å²) >= 11 is -2.75. The number of rotatable bonds is 10. The zero-order chi connectivity index (χ0) is 36.5. The van der Waals surface area contributed by atoms with Crippen molar-refractivity contribution in [3.63, 3.8) is 0 Å². The molecule has 0 saturated heterocycles. The Morgan fingerprint density at radius 1 is 0.326 bits per heavy atom. The summed E-state index contributed by atoms with van der Waals surface area (Å²) in [4.78, 5) is 0. The second-order valence-corrected chi connectivity index (χ2v) is 9.73. The Hall–Kier alpha value is -0.880. The summed E-state index contributed by atoms with van der Waals surface area (Å²) in [6, 6.07) is 0. The zero-order valence-corrected chi connectivity index (χ0v) is 21.4. The monoisotopic (exact) mass is 740 g/mol. The summed E-state index contributed by atoms with van der Waals surface area (Å²) in [5, 5.41) is 0. The Morgan fingerprint density at radius 3 is 0.558 bits per heavy atom. The van der Waals surface area contributed by atoms with Crippen LogP contribution >= 0.6 is 0 Å². The van der Waals surface area contributed by atoms with Gasteiger partial charge in [0.15, 0.2) is 0 Å². The van der Waals surface area contributed by atoms with Crippen LogP contribution in [0.5, 0.6) is 0 Å². The minimum atomic E-state index is -9.55. The van der Waals surface area contributed by atoms with Crippen LogP contribution in [0.15, 0.2) is 0 Å². The molecule has 0 radical (unpaired) electrons. The molecule has 0 fully saturated rings. The van der Waals surface area contributed by atoms with Crippen LogP contribution in [0.3, 0.4) is 0 Å². The van der Waals surface area contributed by atoms with Crippen LogP contribution in [-0.4, -0.2) is 114 Å². The van der Waals surface area contributed by atoms with Gasteiger partial charge < -0.3 is 0 Å². The van der Waals surface area contributed by atoms with Crippen LogP contribution in [0.2, 0.25) is 0 Å². The van der Waals surface area contributed by atoms with Crippen LogP contribution in [0.4, 0.5) is 110 Å². The van der Waals surface area contributed by atoms with E-state index in [1.165, 1.54) is 0 Å². The SMILES string of the molecule is FC(F)(F)C(F)(F)C(F)(F)C(F)(F)C(F)(F)C(F)(F)C(F)(F)C(F)(F)C(F)(F)C(F)(F)C(F)(F)[C](F)(F)[Na].O=S(=O)(O)O. The molecule has 0 aromatic heterocycles. The van der Waals surface area contributed by atoms with E-state index < -0.39 is 107 Å². The van der Waals surface area contributed by atoms with E-state index in [4.69, 9.17) is 17.5 Å². The average Bonchev–Trinajstić information content (AvgIpc) is 2.69. The number of halogens is 25. The first-order valence-corrected chi connectivity index (χ1v) is 11.1. The Morgan fingerprint density at radius 2 is 0.442 bits per heavy atom. The molecule has 0 aliphatic heterocycles. The van der Waals surface area contributed by atoms with Crippen molar-refractivity contribution < 1.29 is 127 Å². The molecule has 0 heterocycles. The van der Waals surface area contributed by atoms with Crippen molar-refractivity contribution in [2.24, 2.45) is 0 Å². The number of hydrogen-bond donors (Lipinski definition) is 2. The van der Waals surface area contributed by atoms with E-state index in [0.717, 1.165) is 0 Å². The van der Waals surface area contributed by atoms with Crippen LogP contribution < -0.4 is 0 Å². The van der Waals surface area contributed by atoms with E-state index in [0.29, 0.717) is 0 Å². The van der Waals surface area contributed by atoms with Gasteiger partial charge >= 0.3 is 203 Å². The molecule has 0 amide bonds. The molecule has 0 spiro atoms. The van der Waals surface area contributed by atoms with E-state index in [1.807, 2.05) is 0 Å². The Bertz CT molecular complexity index is 1020. The van der Waals surface area contributed by atoms with Gasteiger partial charge in [-0.2, -0.15) is 21.6 Å². The van der Waals surface area contributed by atoms with E-state index in [2.05, 4.69) is 0 Å². The minimum absolute atomic E-state index is 2.75. The number of hydrogen-bond acceptors (Lipinski definition) is 2. The van der Waals surface area contributed by atoms with Gasteiger partial charge in [0, 0.05) is 0 Å². The second-order valence-electron chi connectivity index (χ2n) is 7.58. The Balaban J connectivity index is 0. The van der Waals surface area contributed by atoms with Gasteiger partial charge in [-0.05, 0) is 0 Å². The van der Waals surface area contributed by atoms with Gasteiger partial charge in [0.05, 0.1) is 0 Å². The van der Waals surface area contributed by atoms with Crippen LogP contribution in [-0.2, 0) is 10.4 Å². The molecule has 4 nitrogen and oxygen atoms in total. The van der Waals surface area contributed by atoms with E-state index >= 15 is 0 Å². The Labute approximate surface area is 234 Å². The second kappa shape index (κ2) is 11.1. The molecule has 0 aliphatic carbocycles. The fourth-order valence-electron chi connectivity index (χ4n) is 2.03. The fraction of sp³-hybridized carbons (Fsp3) is 1.00. The standard InChI is InChI=1S/C12F25.Na.H2O4S/c13-1(14)2(15,16)3(17,18)4(19,20)5(21,22)6(23,24)7(25,26)8(27,28)9(29,30)10(31,32)11(33,34)12(35,36)37;;1-5(2,3)4/h;;(H2,1,2,3,4). The molecule has 0 bridgehead atoms. The van der Waals surface area contributed by atoms with Crippen LogP contribution in [0.1, 0.15) is 0 Å². The first-order chi connectivity index (χ1) is 17.8. The summed E-state index contributed by atoms with van der Waals surface area (Å²) in [5.74, 6) is -90.7. The maximum absolute atomic E-state index is 13.4. The zero-order valence-electron chi connectivity index (χ0n) is 18.6. The molecule has 2 N–H and O–H groups in total. The first kappa shape index (κ1) is 44.2. The maximum Gasteiger partial charge on any atom is 0.394 e. The third-order valence-corrected chi connectivity index (χ3v) is 5.08. The molecule has 0 saturated carbocycles. The van der Waals surface area contributed by atoms with E-state index in [-0.39, 0.29) is 0 Å². The van der Waals surface area contributed by atoms with Gasteiger partial charge in [-0.15, -0.1) is 0 Å². The topological polar surface area (TPSA) is 74.6 Å². The van der Waals surface area contributed by atoms with Crippen LogP contribution in [0.25, 0.3) is 0 Å². The van der Waals surface area contributed by atoms with Gasteiger partial charge in [0.1, 0.15) is 0 Å². The van der Waals surface area contributed by atoms with Gasteiger partial charge in [-0.25, -0.2) is 0 Å². The maximum atomic E-state index is 13.4. The largest absolute Gasteiger partial charge is 0.394 e. The first-order valence-electron chi connectivity index (χ1n) is 8.67.